The van der Waals surface area contributed by atoms with Gasteiger partial charge in [-0.3, -0.25) is 9.69 Å². The minimum atomic E-state index is -0.427. The molecule has 0 aliphatic carbocycles. The van der Waals surface area contributed by atoms with Gasteiger partial charge in [0.25, 0.3) is 0 Å². The Balaban J connectivity index is 1.52. The molecule has 0 atom stereocenters. The summed E-state index contributed by atoms with van der Waals surface area (Å²) in [6, 6.07) is 14.7. The maximum absolute atomic E-state index is 12.4. The van der Waals surface area contributed by atoms with Gasteiger partial charge in [-0.15, -0.1) is 0 Å². The number of nitrogens with one attached hydrogen (secondary N) is 1. The highest BCUT2D eigenvalue weighted by Gasteiger charge is 2.21. The van der Waals surface area contributed by atoms with E-state index in [1.165, 1.54) is 7.11 Å². The molecule has 0 saturated carbocycles. The number of esters is 1. The first-order valence-electron chi connectivity index (χ1n) is 9.19. The van der Waals surface area contributed by atoms with Gasteiger partial charge in [0.15, 0.2) is 0 Å². The van der Waals surface area contributed by atoms with E-state index < -0.39 is 5.97 Å². The fourth-order valence-electron chi connectivity index (χ4n) is 3.28. The SMILES string of the molecule is COC(=O)c1cccc(NC(=O)CN2CCN(c3ccccc3OC)CC2)c1. The number of methoxy groups -OCH3 is 2. The number of para-hydroxylation sites is 2. The van der Waals surface area contributed by atoms with Crippen molar-refractivity contribution in [1.29, 1.82) is 0 Å². The molecule has 3 rings (SSSR count). The second-order valence-corrected chi connectivity index (χ2v) is 6.56. The summed E-state index contributed by atoms with van der Waals surface area (Å²) in [6.07, 6.45) is 0. The third kappa shape index (κ3) is 4.80. The second kappa shape index (κ2) is 9.23. The van der Waals surface area contributed by atoms with Crippen LogP contribution in [0.4, 0.5) is 11.4 Å². The van der Waals surface area contributed by atoms with Crippen molar-refractivity contribution < 1.29 is 19.1 Å². The lowest BCUT2D eigenvalue weighted by atomic mass is 10.2. The molecule has 7 nitrogen and oxygen atoms in total. The lowest BCUT2D eigenvalue weighted by molar-refractivity contribution is -0.117. The molecule has 0 bridgehead atoms. The molecule has 1 aliphatic rings. The van der Waals surface area contributed by atoms with Gasteiger partial charge in [0, 0.05) is 31.9 Å². The Morgan fingerprint density at radius 1 is 1.00 bits per heavy atom. The van der Waals surface area contributed by atoms with E-state index in [0.29, 0.717) is 17.8 Å². The molecular weight excluding hydrogens is 358 g/mol. The largest absolute Gasteiger partial charge is 0.495 e. The molecule has 1 aliphatic heterocycles. The molecule has 2 aromatic carbocycles. The number of anilines is 2. The Morgan fingerprint density at radius 3 is 2.46 bits per heavy atom. The standard InChI is InChI=1S/C21H25N3O4/c1-27-19-9-4-3-8-18(19)24-12-10-23(11-13-24)15-20(25)22-17-7-5-6-16(14-17)21(26)28-2/h3-9,14H,10-13,15H2,1-2H3,(H,22,25). The van der Waals surface area contributed by atoms with Crippen molar-refractivity contribution >= 4 is 23.3 Å². The van der Waals surface area contributed by atoms with Crippen LogP contribution < -0.4 is 15.0 Å². The van der Waals surface area contributed by atoms with Gasteiger partial charge in [0.05, 0.1) is 32.0 Å². The van der Waals surface area contributed by atoms with Gasteiger partial charge in [-0.1, -0.05) is 18.2 Å². The van der Waals surface area contributed by atoms with Crippen LogP contribution in [0.5, 0.6) is 5.75 Å². The van der Waals surface area contributed by atoms with Gasteiger partial charge in [-0.25, -0.2) is 4.79 Å². The minimum absolute atomic E-state index is 0.104. The first kappa shape index (κ1) is 19.7. The zero-order chi connectivity index (χ0) is 19.9. The molecule has 2 aromatic rings. The third-order valence-electron chi connectivity index (χ3n) is 4.73. The highest BCUT2D eigenvalue weighted by molar-refractivity contribution is 5.95. The van der Waals surface area contributed by atoms with E-state index in [9.17, 15) is 9.59 Å². The molecule has 1 N–H and O–H groups in total. The molecule has 1 fully saturated rings. The monoisotopic (exact) mass is 383 g/mol. The van der Waals surface area contributed by atoms with E-state index in [1.54, 1.807) is 31.4 Å². The molecule has 0 aromatic heterocycles. The molecule has 0 unspecified atom stereocenters. The Hall–Kier alpha value is -3.06. The number of carbonyl (C=O) groups is 2. The van der Waals surface area contributed by atoms with Gasteiger partial charge in [-0.05, 0) is 30.3 Å². The Labute approximate surface area is 164 Å². The van der Waals surface area contributed by atoms with Crippen LogP contribution in [0.15, 0.2) is 48.5 Å². The fraction of sp³-hybridized carbons (Fsp3) is 0.333. The van der Waals surface area contributed by atoms with Crippen molar-refractivity contribution in [2.24, 2.45) is 0 Å². The molecule has 1 amide bonds. The fourth-order valence-corrected chi connectivity index (χ4v) is 3.28. The number of nitrogens with zero attached hydrogens (tertiary/aromatic N) is 2. The molecule has 1 heterocycles. The molecule has 28 heavy (non-hydrogen) atoms. The second-order valence-electron chi connectivity index (χ2n) is 6.56. The topological polar surface area (TPSA) is 71.1 Å². The Bertz CT molecular complexity index is 832. The van der Waals surface area contributed by atoms with Crippen molar-refractivity contribution in [1.82, 2.24) is 4.90 Å². The van der Waals surface area contributed by atoms with Crippen molar-refractivity contribution in [3.63, 3.8) is 0 Å². The van der Waals surface area contributed by atoms with E-state index >= 15 is 0 Å². The lowest BCUT2D eigenvalue weighted by Crippen LogP contribution is -2.48. The third-order valence-corrected chi connectivity index (χ3v) is 4.73. The van der Waals surface area contributed by atoms with Gasteiger partial charge < -0.3 is 19.7 Å². The summed E-state index contributed by atoms with van der Waals surface area (Å²) in [4.78, 5) is 28.4. The van der Waals surface area contributed by atoms with Crippen LogP contribution in [-0.2, 0) is 9.53 Å². The number of hydrogen-bond donors (Lipinski definition) is 1. The summed E-state index contributed by atoms with van der Waals surface area (Å²) in [7, 11) is 3.01. The Morgan fingerprint density at radius 2 is 1.75 bits per heavy atom. The number of hydrogen-bond acceptors (Lipinski definition) is 6. The number of rotatable bonds is 6. The molecular formula is C21H25N3O4. The van der Waals surface area contributed by atoms with Crippen LogP contribution in [0, 0.1) is 0 Å². The number of benzene rings is 2. The quantitative estimate of drug-likeness (QED) is 0.772. The van der Waals surface area contributed by atoms with Crippen LogP contribution in [0.1, 0.15) is 10.4 Å². The van der Waals surface area contributed by atoms with Gasteiger partial charge >= 0.3 is 5.97 Å². The predicted octanol–water partition coefficient (Wildman–Crippen LogP) is 2.24. The van der Waals surface area contributed by atoms with Gasteiger partial charge in [0.1, 0.15) is 5.75 Å². The first-order valence-corrected chi connectivity index (χ1v) is 9.19. The van der Waals surface area contributed by atoms with Crippen LogP contribution in [-0.4, -0.2) is 63.7 Å². The smallest absolute Gasteiger partial charge is 0.337 e. The first-order chi connectivity index (χ1) is 13.6. The van der Waals surface area contributed by atoms with Gasteiger partial charge in [-0.2, -0.15) is 0 Å². The summed E-state index contributed by atoms with van der Waals surface area (Å²) >= 11 is 0. The summed E-state index contributed by atoms with van der Waals surface area (Å²) in [5.74, 6) is 0.329. The average Bonchev–Trinajstić information content (AvgIpc) is 2.73. The molecule has 0 spiro atoms. The number of amides is 1. The number of piperazine rings is 1. The molecule has 1 saturated heterocycles. The van der Waals surface area contributed by atoms with E-state index in [0.717, 1.165) is 37.6 Å². The van der Waals surface area contributed by atoms with Crippen LogP contribution in [0.3, 0.4) is 0 Å². The zero-order valence-corrected chi connectivity index (χ0v) is 16.2. The van der Waals surface area contributed by atoms with Crippen molar-refractivity contribution in [3.05, 3.63) is 54.1 Å². The zero-order valence-electron chi connectivity index (χ0n) is 16.2. The molecule has 0 radical (unpaired) electrons. The Kier molecular flexibility index (Phi) is 6.49. The van der Waals surface area contributed by atoms with Crippen molar-refractivity contribution in [2.75, 3.05) is 57.2 Å². The van der Waals surface area contributed by atoms with Crippen LogP contribution in [0.2, 0.25) is 0 Å². The lowest BCUT2D eigenvalue weighted by Gasteiger charge is -2.36. The minimum Gasteiger partial charge on any atom is -0.495 e. The number of ether oxygens (including phenoxy) is 2. The summed E-state index contributed by atoms with van der Waals surface area (Å²) in [5, 5.41) is 2.85. The maximum atomic E-state index is 12.4. The van der Waals surface area contributed by atoms with E-state index in [4.69, 9.17) is 9.47 Å². The van der Waals surface area contributed by atoms with E-state index in [2.05, 4.69) is 21.2 Å². The summed E-state index contributed by atoms with van der Waals surface area (Å²) in [5.41, 5.74) is 2.07. The highest BCUT2D eigenvalue weighted by atomic mass is 16.5. The van der Waals surface area contributed by atoms with Crippen LogP contribution in [0.25, 0.3) is 0 Å². The maximum Gasteiger partial charge on any atom is 0.337 e. The number of carbonyl (C=O) groups excluding carboxylic acids is 2. The normalized spacial score (nSPS) is 14.4. The molecule has 7 heteroatoms. The van der Waals surface area contributed by atoms with E-state index in [-0.39, 0.29) is 5.91 Å². The molecule has 148 valence electrons. The van der Waals surface area contributed by atoms with Crippen molar-refractivity contribution in [3.8, 4) is 5.75 Å². The average molecular weight is 383 g/mol. The van der Waals surface area contributed by atoms with E-state index in [1.807, 2.05) is 18.2 Å². The summed E-state index contributed by atoms with van der Waals surface area (Å²) < 4.78 is 10.1. The van der Waals surface area contributed by atoms with Crippen LogP contribution >= 0.6 is 0 Å². The highest BCUT2D eigenvalue weighted by Crippen LogP contribution is 2.28. The summed E-state index contributed by atoms with van der Waals surface area (Å²) in [6.45, 7) is 3.53. The predicted molar refractivity (Wildman–Crippen MR) is 108 cm³/mol. The van der Waals surface area contributed by atoms with Gasteiger partial charge in [0.2, 0.25) is 5.91 Å². The van der Waals surface area contributed by atoms with Crippen molar-refractivity contribution in [2.45, 2.75) is 0 Å².